The van der Waals surface area contributed by atoms with Crippen LogP contribution in [0.15, 0.2) is 42.5 Å². The molecule has 0 fully saturated rings. The maximum atomic E-state index is 13.7. The van der Waals surface area contributed by atoms with Crippen molar-refractivity contribution in [2.45, 2.75) is 0 Å². The van der Waals surface area contributed by atoms with Crippen LogP contribution < -0.4 is 10.6 Å². The van der Waals surface area contributed by atoms with Crippen LogP contribution in [-0.4, -0.2) is 18.9 Å². The number of rotatable bonds is 2. The van der Waals surface area contributed by atoms with Gasteiger partial charge in [-0.05, 0) is 24.3 Å². The van der Waals surface area contributed by atoms with Crippen LogP contribution in [0.1, 0.15) is 21.5 Å². The number of benzene rings is 2. The van der Waals surface area contributed by atoms with E-state index in [1.54, 1.807) is 36.4 Å². The summed E-state index contributed by atoms with van der Waals surface area (Å²) in [5.74, 6) is -0.936. The second-order valence-electron chi connectivity index (χ2n) is 4.87. The van der Waals surface area contributed by atoms with Crippen LogP contribution in [0.25, 0.3) is 11.6 Å². The lowest BCUT2D eigenvalue weighted by molar-refractivity contribution is -0.110. The number of amides is 2. The molecule has 0 saturated carbocycles. The molecule has 0 unspecified atom stereocenters. The van der Waals surface area contributed by atoms with Crippen molar-refractivity contribution < 1.29 is 14.0 Å². The fraction of sp³-hybridized carbons (Fsp3) is 0.0588. The summed E-state index contributed by atoms with van der Waals surface area (Å²) in [4.78, 5) is 23.7. The van der Waals surface area contributed by atoms with E-state index < -0.39 is 5.82 Å². The summed E-state index contributed by atoms with van der Waals surface area (Å²) in [7, 11) is 1.54. The Morgan fingerprint density at radius 2 is 2.00 bits per heavy atom. The van der Waals surface area contributed by atoms with Crippen LogP contribution in [0.5, 0.6) is 0 Å². The standard InChI is InChI=1S/C17H13FN2O2/c1-19-16(21)11-6-7-12-13(17(22)20-15(12)9-11)8-10-4-2-3-5-14(10)18/h2-9H,1H3,(H,19,21)(H,20,22)/b13-8-. The van der Waals surface area contributed by atoms with Crippen LogP contribution in [-0.2, 0) is 4.79 Å². The lowest BCUT2D eigenvalue weighted by Crippen LogP contribution is -2.17. The highest BCUT2D eigenvalue weighted by Gasteiger charge is 2.25. The fourth-order valence-electron chi connectivity index (χ4n) is 2.37. The van der Waals surface area contributed by atoms with Gasteiger partial charge in [0, 0.05) is 35.0 Å². The van der Waals surface area contributed by atoms with E-state index in [0.29, 0.717) is 28.0 Å². The second-order valence-corrected chi connectivity index (χ2v) is 4.87. The van der Waals surface area contributed by atoms with E-state index in [4.69, 9.17) is 0 Å². The number of carbonyl (C=O) groups is 2. The van der Waals surface area contributed by atoms with Gasteiger partial charge in [0.05, 0.1) is 0 Å². The molecule has 22 heavy (non-hydrogen) atoms. The monoisotopic (exact) mass is 296 g/mol. The normalized spacial score (nSPS) is 14.6. The zero-order valence-electron chi connectivity index (χ0n) is 11.8. The van der Waals surface area contributed by atoms with Crippen molar-refractivity contribution in [3.05, 3.63) is 65.0 Å². The van der Waals surface area contributed by atoms with E-state index in [0.717, 1.165) is 0 Å². The van der Waals surface area contributed by atoms with Crippen LogP contribution in [0.4, 0.5) is 10.1 Å². The number of fused-ring (bicyclic) bond motifs is 1. The Balaban J connectivity index is 2.06. The summed E-state index contributed by atoms with van der Waals surface area (Å²) in [5, 5.41) is 5.22. The third-order valence-corrected chi connectivity index (χ3v) is 3.50. The minimum Gasteiger partial charge on any atom is -0.355 e. The van der Waals surface area contributed by atoms with Crippen molar-refractivity contribution in [3.8, 4) is 0 Å². The zero-order valence-corrected chi connectivity index (χ0v) is 11.8. The van der Waals surface area contributed by atoms with Crippen LogP contribution in [0, 0.1) is 5.82 Å². The average molecular weight is 296 g/mol. The summed E-state index contributed by atoms with van der Waals surface area (Å²) >= 11 is 0. The minimum absolute atomic E-state index is 0.233. The van der Waals surface area contributed by atoms with Crippen LogP contribution in [0.2, 0.25) is 0 Å². The largest absolute Gasteiger partial charge is 0.355 e. The zero-order chi connectivity index (χ0) is 15.7. The molecule has 2 N–H and O–H groups in total. The summed E-state index contributed by atoms with van der Waals surface area (Å²) in [6.07, 6.45) is 1.51. The quantitative estimate of drug-likeness (QED) is 0.837. The predicted octanol–water partition coefficient (Wildman–Crippen LogP) is 2.68. The molecule has 2 amide bonds. The molecule has 1 aliphatic rings. The van der Waals surface area contributed by atoms with Crippen molar-refractivity contribution in [3.63, 3.8) is 0 Å². The second kappa shape index (κ2) is 5.44. The van der Waals surface area contributed by atoms with Gasteiger partial charge in [0.1, 0.15) is 5.82 Å². The maximum Gasteiger partial charge on any atom is 0.256 e. The van der Waals surface area contributed by atoms with Gasteiger partial charge in [0.2, 0.25) is 0 Å². The van der Waals surface area contributed by atoms with Gasteiger partial charge in [-0.3, -0.25) is 9.59 Å². The van der Waals surface area contributed by atoms with E-state index in [1.165, 1.54) is 19.2 Å². The first-order chi connectivity index (χ1) is 10.6. The molecule has 110 valence electrons. The van der Waals surface area contributed by atoms with Gasteiger partial charge in [-0.25, -0.2) is 4.39 Å². The van der Waals surface area contributed by atoms with Gasteiger partial charge in [0.15, 0.2) is 0 Å². The Morgan fingerprint density at radius 3 is 2.73 bits per heavy atom. The number of anilines is 1. The highest BCUT2D eigenvalue weighted by Crippen LogP contribution is 2.34. The van der Waals surface area contributed by atoms with E-state index in [9.17, 15) is 14.0 Å². The van der Waals surface area contributed by atoms with Gasteiger partial charge in [-0.2, -0.15) is 0 Å². The highest BCUT2D eigenvalue weighted by atomic mass is 19.1. The third kappa shape index (κ3) is 2.37. The number of nitrogens with one attached hydrogen (secondary N) is 2. The Hall–Kier alpha value is -2.95. The first-order valence-electron chi connectivity index (χ1n) is 6.74. The van der Waals surface area contributed by atoms with Crippen molar-refractivity contribution in [1.82, 2.24) is 5.32 Å². The van der Waals surface area contributed by atoms with E-state index in [-0.39, 0.29) is 11.8 Å². The molecule has 1 aliphatic heterocycles. The molecule has 4 nitrogen and oxygen atoms in total. The van der Waals surface area contributed by atoms with E-state index in [1.807, 2.05) is 0 Å². The molecule has 0 atom stereocenters. The first kappa shape index (κ1) is 14.0. The van der Waals surface area contributed by atoms with Gasteiger partial charge in [-0.15, -0.1) is 0 Å². The molecular formula is C17H13FN2O2. The highest BCUT2D eigenvalue weighted by molar-refractivity contribution is 6.35. The van der Waals surface area contributed by atoms with Crippen molar-refractivity contribution in [1.29, 1.82) is 0 Å². The minimum atomic E-state index is -0.391. The van der Waals surface area contributed by atoms with Gasteiger partial charge < -0.3 is 10.6 Å². The molecule has 0 aliphatic carbocycles. The molecule has 0 aromatic heterocycles. The first-order valence-corrected chi connectivity index (χ1v) is 6.74. The van der Waals surface area contributed by atoms with Crippen LogP contribution in [0.3, 0.4) is 0 Å². The SMILES string of the molecule is CNC(=O)c1ccc2c(c1)NC(=O)/C2=C\c1ccccc1F. The molecule has 0 bridgehead atoms. The molecule has 2 aromatic carbocycles. The van der Waals surface area contributed by atoms with Crippen molar-refractivity contribution >= 4 is 29.2 Å². The molecule has 0 radical (unpaired) electrons. The maximum absolute atomic E-state index is 13.7. The number of hydrogen-bond donors (Lipinski definition) is 2. The van der Waals surface area contributed by atoms with Gasteiger partial charge in [-0.1, -0.05) is 24.3 Å². The molecule has 0 spiro atoms. The van der Waals surface area contributed by atoms with Crippen molar-refractivity contribution in [2.24, 2.45) is 0 Å². The molecular weight excluding hydrogens is 283 g/mol. The number of halogens is 1. The third-order valence-electron chi connectivity index (χ3n) is 3.50. The number of carbonyl (C=O) groups excluding carboxylic acids is 2. The Labute approximate surface area is 126 Å². The van der Waals surface area contributed by atoms with Gasteiger partial charge in [0.25, 0.3) is 11.8 Å². The van der Waals surface area contributed by atoms with E-state index >= 15 is 0 Å². The summed E-state index contributed by atoms with van der Waals surface area (Å²) < 4.78 is 13.7. The van der Waals surface area contributed by atoms with Crippen molar-refractivity contribution in [2.75, 3.05) is 12.4 Å². The average Bonchev–Trinajstić information content (AvgIpc) is 2.83. The fourth-order valence-corrected chi connectivity index (χ4v) is 2.37. The lowest BCUT2D eigenvalue weighted by Gasteiger charge is -2.03. The van der Waals surface area contributed by atoms with E-state index in [2.05, 4.69) is 10.6 Å². The molecule has 5 heteroatoms. The Kier molecular flexibility index (Phi) is 3.47. The Morgan fingerprint density at radius 1 is 1.23 bits per heavy atom. The van der Waals surface area contributed by atoms with Gasteiger partial charge >= 0.3 is 0 Å². The molecule has 2 aromatic rings. The predicted molar refractivity (Wildman–Crippen MR) is 82.7 cm³/mol. The lowest BCUT2D eigenvalue weighted by atomic mass is 10.0. The Bertz CT molecular complexity index is 812. The summed E-state index contributed by atoms with van der Waals surface area (Å²) in [6, 6.07) is 11.2. The molecule has 0 saturated heterocycles. The molecule has 3 rings (SSSR count). The number of hydrogen-bond acceptors (Lipinski definition) is 2. The smallest absolute Gasteiger partial charge is 0.256 e. The molecule has 1 heterocycles. The summed E-state index contributed by atoms with van der Waals surface area (Å²) in [6.45, 7) is 0. The summed E-state index contributed by atoms with van der Waals surface area (Å²) in [5.41, 5.74) is 2.38. The topological polar surface area (TPSA) is 58.2 Å². The van der Waals surface area contributed by atoms with Crippen LogP contribution >= 0.6 is 0 Å².